The number of rotatable bonds is 2. The van der Waals surface area contributed by atoms with Gasteiger partial charge in [0.05, 0.1) is 12.4 Å². The van der Waals surface area contributed by atoms with Crippen molar-refractivity contribution in [3.63, 3.8) is 0 Å². The number of aromatic nitrogens is 4. The summed E-state index contributed by atoms with van der Waals surface area (Å²) in [5.74, 6) is -0.273. The van der Waals surface area contributed by atoms with Crippen LogP contribution in [0, 0.1) is 5.82 Å². The highest BCUT2D eigenvalue weighted by atomic mass is 19.1. The molecule has 0 saturated heterocycles. The van der Waals surface area contributed by atoms with E-state index in [2.05, 4.69) is 20.4 Å². The van der Waals surface area contributed by atoms with E-state index >= 15 is 0 Å². The van der Waals surface area contributed by atoms with Crippen LogP contribution in [0.5, 0.6) is 0 Å². The first kappa shape index (κ1) is 9.77. The van der Waals surface area contributed by atoms with E-state index in [4.69, 9.17) is 0 Å². The lowest BCUT2D eigenvalue weighted by Crippen LogP contribution is -1.84. The van der Waals surface area contributed by atoms with Gasteiger partial charge < -0.3 is 0 Å². The molecule has 2 aromatic heterocycles. The van der Waals surface area contributed by atoms with Crippen LogP contribution in [0.15, 0.2) is 43.0 Å². The second-order valence-corrected chi connectivity index (χ2v) is 3.67. The number of nitrogens with one attached hydrogen (secondary N) is 2. The van der Waals surface area contributed by atoms with Gasteiger partial charge in [-0.2, -0.15) is 10.2 Å². The number of benzene rings is 1. The van der Waals surface area contributed by atoms with Gasteiger partial charge in [0, 0.05) is 29.1 Å². The van der Waals surface area contributed by atoms with E-state index in [0.717, 1.165) is 16.7 Å². The highest BCUT2D eigenvalue weighted by Crippen LogP contribution is 2.26. The Morgan fingerprint density at radius 1 is 0.882 bits per heavy atom. The van der Waals surface area contributed by atoms with Crippen LogP contribution in [0.25, 0.3) is 22.3 Å². The molecule has 0 fully saturated rings. The van der Waals surface area contributed by atoms with E-state index in [0.29, 0.717) is 5.56 Å². The minimum absolute atomic E-state index is 0.273. The van der Waals surface area contributed by atoms with E-state index < -0.39 is 0 Å². The Morgan fingerprint density at radius 2 is 1.59 bits per heavy atom. The van der Waals surface area contributed by atoms with Gasteiger partial charge in [-0.3, -0.25) is 10.2 Å². The van der Waals surface area contributed by atoms with Gasteiger partial charge in [0.15, 0.2) is 0 Å². The fourth-order valence-corrected chi connectivity index (χ4v) is 1.74. The predicted molar refractivity (Wildman–Crippen MR) is 61.6 cm³/mol. The lowest BCUT2D eigenvalue weighted by atomic mass is 10.0. The van der Waals surface area contributed by atoms with Crippen molar-refractivity contribution >= 4 is 0 Å². The van der Waals surface area contributed by atoms with Crippen LogP contribution in [0.2, 0.25) is 0 Å². The van der Waals surface area contributed by atoms with Crippen molar-refractivity contribution in [2.45, 2.75) is 0 Å². The molecule has 2 heterocycles. The largest absolute Gasteiger partial charge is 0.285 e. The Morgan fingerprint density at radius 3 is 2.18 bits per heavy atom. The first-order chi connectivity index (χ1) is 8.34. The summed E-state index contributed by atoms with van der Waals surface area (Å²) in [5.41, 5.74) is 2.93. The smallest absolute Gasteiger partial charge is 0.131 e. The zero-order valence-electron chi connectivity index (χ0n) is 8.81. The lowest BCUT2D eigenvalue weighted by molar-refractivity contribution is 0.632. The molecule has 2 N–H and O–H groups in total. The third-order valence-electron chi connectivity index (χ3n) is 2.61. The second kappa shape index (κ2) is 3.86. The molecular formula is C12H9FN4. The van der Waals surface area contributed by atoms with Crippen molar-refractivity contribution in [3.05, 3.63) is 48.8 Å². The monoisotopic (exact) mass is 228 g/mol. The summed E-state index contributed by atoms with van der Waals surface area (Å²) in [6.45, 7) is 0. The van der Waals surface area contributed by atoms with Gasteiger partial charge in [-0.25, -0.2) is 4.39 Å². The quantitative estimate of drug-likeness (QED) is 0.708. The third kappa shape index (κ3) is 1.71. The molecule has 5 heteroatoms. The highest BCUT2D eigenvalue weighted by Gasteiger charge is 2.08. The summed E-state index contributed by atoms with van der Waals surface area (Å²) >= 11 is 0. The number of aromatic amines is 2. The Labute approximate surface area is 96.5 Å². The predicted octanol–water partition coefficient (Wildman–Crippen LogP) is 2.61. The minimum Gasteiger partial charge on any atom is -0.285 e. The molecule has 0 spiro atoms. The maximum Gasteiger partial charge on any atom is 0.131 e. The van der Waals surface area contributed by atoms with Crippen LogP contribution in [-0.2, 0) is 0 Å². The van der Waals surface area contributed by atoms with Crippen molar-refractivity contribution in [3.8, 4) is 22.3 Å². The maximum atomic E-state index is 13.9. The van der Waals surface area contributed by atoms with Crippen LogP contribution in [0.3, 0.4) is 0 Å². The van der Waals surface area contributed by atoms with Crippen LogP contribution >= 0.6 is 0 Å². The normalized spacial score (nSPS) is 10.6. The summed E-state index contributed by atoms with van der Waals surface area (Å²) in [4.78, 5) is 0. The number of hydrogen-bond acceptors (Lipinski definition) is 2. The maximum absolute atomic E-state index is 13.9. The van der Waals surface area contributed by atoms with Crippen molar-refractivity contribution in [1.29, 1.82) is 0 Å². The molecule has 0 radical (unpaired) electrons. The number of hydrogen-bond donors (Lipinski definition) is 2. The van der Waals surface area contributed by atoms with Crippen molar-refractivity contribution in [2.75, 3.05) is 0 Å². The van der Waals surface area contributed by atoms with Gasteiger partial charge in [0.25, 0.3) is 0 Å². The summed E-state index contributed by atoms with van der Waals surface area (Å²) in [7, 11) is 0. The molecule has 0 aliphatic carbocycles. The van der Waals surface area contributed by atoms with Crippen LogP contribution in [0.4, 0.5) is 4.39 Å². The third-order valence-corrected chi connectivity index (χ3v) is 2.61. The molecule has 84 valence electrons. The summed E-state index contributed by atoms with van der Waals surface area (Å²) in [6, 6.07) is 5.09. The fourth-order valence-electron chi connectivity index (χ4n) is 1.74. The molecule has 0 amide bonds. The first-order valence-corrected chi connectivity index (χ1v) is 5.12. The van der Waals surface area contributed by atoms with Crippen LogP contribution < -0.4 is 0 Å². The minimum atomic E-state index is -0.273. The zero-order chi connectivity index (χ0) is 11.7. The molecule has 4 nitrogen and oxygen atoms in total. The molecule has 1 aromatic carbocycles. The van der Waals surface area contributed by atoms with E-state index in [1.54, 1.807) is 30.9 Å². The Bertz CT molecular complexity index is 614. The average Bonchev–Trinajstić information content (AvgIpc) is 3.02. The van der Waals surface area contributed by atoms with Gasteiger partial charge in [-0.1, -0.05) is 12.1 Å². The van der Waals surface area contributed by atoms with Gasteiger partial charge in [-0.15, -0.1) is 0 Å². The van der Waals surface area contributed by atoms with Gasteiger partial charge >= 0.3 is 0 Å². The van der Waals surface area contributed by atoms with E-state index in [9.17, 15) is 4.39 Å². The fraction of sp³-hybridized carbons (Fsp3) is 0. The molecule has 0 bridgehead atoms. The highest BCUT2D eigenvalue weighted by molar-refractivity contribution is 5.69. The van der Waals surface area contributed by atoms with Crippen LogP contribution in [0.1, 0.15) is 0 Å². The average molecular weight is 228 g/mol. The van der Waals surface area contributed by atoms with E-state index in [1.807, 2.05) is 6.07 Å². The molecule has 17 heavy (non-hydrogen) atoms. The number of H-pyrrole nitrogens is 2. The summed E-state index contributed by atoms with van der Waals surface area (Å²) in [6.07, 6.45) is 6.64. The summed E-state index contributed by atoms with van der Waals surface area (Å²) in [5, 5.41) is 13.0. The van der Waals surface area contributed by atoms with Gasteiger partial charge in [0.2, 0.25) is 0 Å². The standard InChI is InChI=1S/C12H9FN4/c13-12-3-8(9-4-14-15-5-9)1-2-11(12)10-6-16-17-7-10/h1-7H,(H,14,15)(H,16,17). The first-order valence-electron chi connectivity index (χ1n) is 5.12. The zero-order valence-corrected chi connectivity index (χ0v) is 8.81. The SMILES string of the molecule is Fc1cc(-c2cn[nH]c2)ccc1-c1cn[nH]c1. The topological polar surface area (TPSA) is 57.4 Å². The number of nitrogens with zero attached hydrogens (tertiary/aromatic N) is 2. The van der Waals surface area contributed by atoms with Crippen LogP contribution in [-0.4, -0.2) is 20.4 Å². The molecule has 0 aliphatic rings. The lowest BCUT2D eigenvalue weighted by Gasteiger charge is -2.02. The van der Waals surface area contributed by atoms with Crippen molar-refractivity contribution < 1.29 is 4.39 Å². The molecule has 3 rings (SSSR count). The van der Waals surface area contributed by atoms with E-state index in [1.165, 1.54) is 6.07 Å². The molecular weight excluding hydrogens is 219 g/mol. The van der Waals surface area contributed by atoms with E-state index in [-0.39, 0.29) is 5.82 Å². The van der Waals surface area contributed by atoms with Gasteiger partial charge in [0.1, 0.15) is 5.82 Å². The van der Waals surface area contributed by atoms with Crippen molar-refractivity contribution in [1.82, 2.24) is 20.4 Å². The number of halogens is 1. The molecule has 0 atom stereocenters. The molecule has 0 unspecified atom stereocenters. The van der Waals surface area contributed by atoms with Crippen molar-refractivity contribution in [2.24, 2.45) is 0 Å². The van der Waals surface area contributed by atoms with Gasteiger partial charge in [-0.05, 0) is 11.6 Å². The Hall–Kier alpha value is -2.43. The Balaban J connectivity index is 2.06. The molecule has 3 aromatic rings. The Kier molecular flexibility index (Phi) is 2.22. The molecule has 0 saturated carbocycles. The molecule has 0 aliphatic heterocycles. The summed E-state index contributed by atoms with van der Waals surface area (Å²) < 4.78 is 13.9. The second-order valence-electron chi connectivity index (χ2n) is 3.67.